The maximum absolute atomic E-state index is 11.6. The average molecular weight is 430 g/mol. The number of benzene rings is 1. The van der Waals surface area contributed by atoms with E-state index in [0.717, 1.165) is 40.7 Å². The number of fused-ring (bicyclic) bond motifs is 3. The molecule has 2 aromatic heterocycles. The fourth-order valence-corrected chi connectivity index (χ4v) is 3.97. The summed E-state index contributed by atoms with van der Waals surface area (Å²) in [7, 11) is 1.59. The number of methoxy groups -OCH3 is 1. The number of nitrogens with zero attached hydrogens (tertiary/aromatic N) is 6. The molecule has 1 unspecified atom stereocenters. The average Bonchev–Trinajstić information content (AvgIpc) is 3.23. The zero-order chi connectivity index (χ0) is 22.2. The Bertz CT molecular complexity index is 1260. The number of carbonyl (C=O) groups is 1. The van der Waals surface area contributed by atoms with E-state index in [0.29, 0.717) is 18.1 Å². The van der Waals surface area contributed by atoms with Crippen molar-refractivity contribution in [2.24, 2.45) is 5.73 Å². The number of nitrogens with one attached hydrogen (secondary N) is 1. The third-order valence-corrected chi connectivity index (χ3v) is 5.56. The molecule has 0 saturated carbocycles. The number of rotatable bonds is 7. The molecule has 0 spiro atoms. The Morgan fingerprint density at radius 3 is 2.88 bits per heavy atom. The Morgan fingerprint density at radius 2 is 2.19 bits per heavy atom. The van der Waals surface area contributed by atoms with E-state index in [1.54, 1.807) is 37.8 Å². The van der Waals surface area contributed by atoms with E-state index in [-0.39, 0.29) is 6.04 Å². The summed E-state index contributed by atoms with van der Waals surface area (Å²) in [5.41, 5.74) is 9.21. The number of hydrogen-bond acceptors (Lipinski definition) is 8. The van der Waals surface area contributed by atoms with E-state index in [1.807, 2.05) is 22.8 Å². The smallest absolute Gasteiger partial charge is 0.248 e. The molecule has 10 nitrogen and oxygen atoms in total. The van der Waals surface area contributed by atoms with Crippen molar-refractivity contribution in [3.8, 4) is 5.69 Å². The SMILES string of the molecule is CCC1c2nncn2-c2cnc(Nc3ccc(C(N)=O)cc3COC)nc2N1C1=CC=C1. The van der Waals surface area contributed by atoms with Crippen LogP contribution in [-0.2, 0) is 11.3 Å². The van der Waals surface area contributed by atoms with Crippen LogP contribution in [0.25, 0.3) is 5.69 Å². The van der Waals surface area contributed by atoms with Gasteiger partial charge in [0.1, 0.15) is 12.0 Å². The first-order valence-corrected chi connectivity index (χ1v) is 10.2. The number of aromatic nitrogens is 5. The zero-order valence-electron chi connectivity index (χ0n) is 17.7. The molecule has 1 aliphatic heterocycles. The molecule has 3 heterocycles. The van der Waals surface area contributed by atoms with Gasteiger partial charge in [0.2, 0.25) is 11.9 Å². The van der Waals surface area contributed by atoms with E-state index in [1.165, 1.54) is 0 Å². The van der Waals surface area contributed by atoms with Gasteiger partial charge in [-0.2, -0.15) is 4.98 Å². The van der Waals surface area contributed by atoms with Crippen LogP contribution in [-0.4, -0.2) is 37.7 Å². The highest BCUT2D eigenvalue weighted by Gasteiger charge is 2.35. The zero-order valence-corrected chi connectivity index (χ0v) is 17.7. The van der Waals surface area contributed by atoms with Crippen molar-refractivity contribution in [1.82, 2.24) is 24.7 Å². The van der Waals surface area contributed by atoms with Gasteiger partial charge in [0.05, 0.1) is 18.8 Å². The molecule has 0 radical (unpaired) electrons. The summed E-state index contributed by atoms with van der Waals surface area (Å²) in [4.78, 5) is 23.1. The summed E-state index contributed by atoms with van der Waals surface area (Å²) in [6, 6.07) is 5.15. The number of ether oxygens (including phenoxy) is 1. The molecule has 1 aromatic carbocycles. The Balaban J connectivity index is 1.56. The van der Waals surface area contributed by atoms with Crippen molar-refractivity contribution >= 4 is 23.4 Å². The number of allylic oxidation sites excluding steroid dienone is 3. The maximum atomic E-state index is 11.6. The van der Waals surface area contributed by atoms with Gasteiger partial charge in [-0.15, -0.1) is 10.2 Å². The molecule has 1 atom stereocenters. The van der Waals surface area contributed by atoms with Crippen LogP contribution in [0, 0.1) is 0 Å². The second-order valence-electron chi connectivity index (χ2n) is 7.50. The molecule has 2 aliphatic rings. The fourth-order valence-electron chi connectivity index (χ4n) is 3.97. The van der Waals surface area contributed by atoms with Crippen LogP contribution in [0.3, 0.4) is 0 Å². The van der Waals surface area contributed by atoms with Crippen LogP contribution in [0.5, 0.6) is 0 Å². The van der Waals surface area contributed by atoms with Gasteiger partial charge in [-0.3, -0.25) is 9.36 Å². The Labute approximate surface area is 184 Å². The standard InChI is InChI=1S/C22H22N8O2/c1-3-17-21-28-25-12-29(21)18-10-24-22(27-20(18)30(17)15-5-4-6-15)26-16-8-7-13(19(23)31)9-14(16)11-32-2/h4-10,12,17H,3,11H2,1-2H3,(H2,23,31)(H,24,26,27). The largest absolute Gasteiger partial charge is 0.380 e. The highest BCUT2D eigenvalue weighted by Crippen LogP contribution is 2.42. The van der Waals surface area contributed by atoms with Crippen LogP contribution in [0.4, 0.5) is 17.5 Å². The highest BCUT2D eigenvalue weighted by molar-refractivity contribution is 5.93. The summed E-state index contributed by atoms with van der Waals surface area (Å²) in [5.74, 6) is 1.55. The summed E-state index contributed by atoms with van der Waals surface area (Å²) in [5, 5.41) is 11.7. The number of primary amides is 1. The summed E-state index contributed by atoms with van der Waals surface area (Å²) in [6.07, 6.45) is 10.4. The third-order valence-electron chi connectivity index (χ3n) is 5.56. The summed E-state index contributed by atoms with van der Waals surface area (Å²) in [6.45, 7) is 2.42. The predicted molar refractivity (Wildman–Crippen MR) is 119 cm³/mol. The first kappa shape index (κ1) is 19.9. The molecule has 3 aromatic rings. The van der Waals surface area contributed by atoms with Gasteiger partial charge in [0.15, 0.2) is 11.6 Å². The molecule has 3 N–H and O–H groups in total. The van der Waals surface area contributed by atoms with Crippen LogP contribution in [0.15, 0.2) is 54.6 Å². The molecule has 32 heavy (non-hydrogen) atoms. The van der Waals surface area contributed by atoms with Crippen molar-refractivity contribution in [3.05, 3.63) is 71.6 Å². The van der Waals surface area contributed by atoms with Gasteiger partial charge in [0, 0.05) is 29.6 Å². The van der Waals surface area contributed by atoms with E-state index < -0.39 is 5.91 Å². The number of hydrogen-bond donors (Lipinski definition) is 2. The number of anilines is 3. The molecule has 0 bridgehead atoms. The lowest BCUT2D eigenvalue weighted by molar-refractivity contribution is 0.1000. The van der Waals surface area contributed by atoms with E-state index >= 15 is 0 Å². The number of carbonyl (C=O) groups excluding carboxylic acids is 1. The van der Waals surface area contributed by atoms with Crippen molar-refractivity contribution < 1.29 is 9.53 Å². The van der Waals surface area contributed by atoms with Gasteiger partial charge >= 0.3 is 0 Å². The van der Waals surface area contributed by atoms with E-state index in [4.69, 9.17) is 15.5 Å². The maximum Gasteiger partial charge on any atom is 0.248 e. The minimum atomic E-state index is -0.494. The van der Waals surface area contributed by atoms with Crippen LogP contribution in [0.1, 0.15) is 41.1 Å². The lowest BCUT2D eigenvalue weighted by Gasteiger charge is -2.38. The second-order valence-corrected chi connectivity index (χ2v) is 7.50. The monoisotopic (exact) mass is 430 g/mol. The van der Waals surface area contributed by atoms with Gasteiger partial charge in [-0.1, -0.05) is 13.0 Å². The summed E-state index contributed by atoms with van der Waals surface area (Å²) >= 11 is 0. The van der Waals surface area contributed by atoms with Gasteiger partial charge in [-0.05, 0) is 36.8 Å². The first-order chi connectivity index (χ1) is 15.6. The van der Waals surface area contributed by atoms with Crippen LogP contribution < -0.4 is 16.0 Å². The van der Waals surface area contributed by atoms with Crippen molar-refractivity contribution in [2.75, 3.05) is 17.3 Å². The molecular weight excluding hydrogens is 408 g/mol. The lowest BCUT2D eigenvalue weighted by Crippen LogP contribution is -2.35. The summed E-state index contributed by atoms with van der Waals surface area (Å²) < 4.78 is 7.22. The molecule has 1 aliphatic carbocycles. The van der Waals surface area contributed by atoms with Gasteiger partial charge in [0.25, 0.3) is 0 Å². The predicted octanol–water partition coefficient (Wildman–Crippen LogP) is 2.77. The van der Waals surface area contributed by atoms with E-state index in [2.05, 4.69) is 32.3 Å². The van der Waals surface area contributed by atoms with Crippen molar-refractivity contribution in [3.63, 3.8) is 0 Å². The van der Waals surface area contributed by atoms with Crippen molar-refractivity contribution in [1.29, 1.82) is 0 Å². The lowest BCUT2D eigenvalue weighted by atomic mass is 10.1. The van der Waals surface area contributed by atoms with E-state index in [9.17, 15) is 4.79 Å². The minimum Gasteiger partial charge on any atom is -0.380 e. The Kier molecular flexibility index (Phi) is 4.91. The molecule has 0 fully saturated rings. The van der Waals surface area contributed by atoms with Gasteiger partial charge < -0.3 is 20.7 Å². The van der Waals surface area contributed by atoms with Crippen LogP contribution >= 0.6 is 0 Å². The molecular formula is C22H22N8O2. The second kappa shape index (κ2) is 7.89. The van der Waals surface area contributed by atoms with Crippen LogP contribution in [0.2, 0.25) is 0 Å². The normalized spacial score (nSPS) is 16.1. The van der Waals surface area contributed by atoms with Gasteiger partial charge in [-0.25, -0.2) is 4.98 Å². The topological polar surface area (TPSA) is 124 Å². The first-order valence-electron chi connectivity index (χ1n) is 10.2. The molecule has 162 valence electrons. The third kappa shape index (κ3) is 3.21. The molecule has 10 heteroatoms. The molecule has 1 amide bonds. The Hall–Kier alpha value is -4.05. The highest BCUT2D eigenvalue weighted by atomic mass is 16.5. The Morgan fingerprint density at radius 1 is 1.34 bits per heavy atom. The van der Waals surface area contributed by atoms with Crippen molar-refractivity contribution in [2.45, 2.75) is 26.0 Å². The minimum absolute atomic E-state index is 0.00264. The molecule has 0 saturated heterocycles. The molecule has 5 rings (SSSR count). The fraction of sp³-hybridized carbons (Fsp3) is 0.227. The number of amides is 1. The number of nitrogens with two attached hydrogens (primary N) is 1. The quantitative estimate of drug-likeness (QED) is 0.586.